The first-order valence-corrected chi connectivity index (χ1v) is 10.3. The highest BCUT2D eigenvalue weighted by molar-refractivity contribution is 5.77. The largest absolute Gasteiger partial charge is 0.489 e. The lowest BCUT2D eigenvalue weighted by atomic mass is 10.1. The minimum atomic E-state index is -0.956. The summed E-state index contributed by atoms with van der Waals surface area (Å²) in [5.74, 6) is 0.0804. The third-order valence-electron chi connectivity index (χ3n) is 4.94. The van der Waals surface area contributed by atoms with Crippen molar-refractivity contribution in [1.29, 1.82) is 0 Å². The first-order chi connectivity index (χ1) is 15.7. The third kappa shape index (κ3) is 5.70. The van der Waals surface area contributed by atoms with Gasteiger partial charge in [-0.3, -0.25) is 0 Å². The molecule has 0 aliphatic heterocycles. The van der Waals surface area contributed by atoms with Crippen molar-refractivity contribution in [3.8, 4) is 17.0 Å². The van der Waals surface area contributed by atoms with E-state index >= 15 is 0 Å². The molecular weight excluding hydrogens is 402 g/mol. The number of aliphatic carboxylic acids is 1. The molecular formula is C26H23N3O3. The summed E-state index contributed by atoms with van der Waals surface area (Å²) in [4.78, 5) is 20.4. The Morgan fingerprint density at radius 1 is 0.875 bits per heavy atom. The van der Waals surface area contributed by atoms with Gasteiger partial charge in [-0.2, -0.15) is 0 Å². The van der Waals surface area contributed by atoms with Crippen molar-refractivity contribution in [2.75, 3.05) is 5.32 Å². The van der Waals surface area contributed by atoms with E-state index in [1.54, 1.807) is 12.3 Å². The standard InChI is InChI=1S/C26H23N3O3/c30-25(31)24(17-19-7-3-1-4-8-19)29-26-27-16-15-23(28-26)21-11-13-22(14-12-21)32-18-20-9-5-2-6-10-20/h1-16,24H,17-18H2,(H,30,31)(H,27,28,29). The predicted octanol–water partition coefficient (Wildman–Crippen LogP) is 4.83. The van der Waals surface area contributed by atoms with Crippen molar-refractivity contribution < 1.29 is 14.6 Å². The Bertz CT molecular complexity index is 1150. The molecule has 32 heavy (non-hydrogen) atoms. The van der Waals surface area contributed by atoms with E-state index in [2.05, 4.69) is 15.3 Å². The lowest BCUT2D eigenvalue weighted by Crippen LogP contribution is -2.32. The molecule has 0 bridgehead atoms. The van der Waals surface area contributed by atoms with E-state index in [1.807, 2.05) is 84.9 Å². The van der Waals surface area contributed by atoms with Crippen LogP contribution in [-0.4, -0.2) is 27.1 Å². The normalized spacial score (nSPS) is 11.5. The number of nitrogens with zero attached hydrogens (tertiary/aromatic N) is 2. The minimum absolute atomic E-state index is 0.273. The number of benzene rings is 3. The number of rotatable bonds is 9. The van der Waals surface area contributed by atoms with Crippen LogP contribution in [0.3, 0.4) is 0 Å². The molecule has 1 atom stereocenters. The first kappa shape index (κ1) is 21.1. The molecule has 0 aliphatic rings. The lowest BCUT2D eigenvalue weighted by Gasteiger charge is -2.15. The van der Waals surface area contributed by atoms with Gasteiger partial charge in [0.2, 0.25) is 5.95 Å². The smallest absolute Gasteiger partial charge is 0.326 e. The number of hydrogen-bond acceptors (Lipinski definition) is 5. The number of carbonyl (C=O) groups is 1. The van der Waals surface area contributed by atoms with E-state index in [0.29, 0.717) is 18.7 Å². The number of anilines is 1. The predicted molar refractivity (Wildman–Crippen MR) is 123 cm³/mol. The fourth-order valence-electron chi connectivity index (χ4n) is 3.26. The molecule has 1 aromatic heterocycles. The number of aromatic nitrogens is 2. The fraction of sp³-hybridized carbons (Fsp3) is 0.115. The molecule has 0 radical (unpaired) electrons. The molecule has 4 aromatic rings. The van der Waals surface area contributed by atoms with Gasteiger partial charge in [0, 0.05) is 18.2 Å². The summed E-state index contributed by atoms with van der Waals surface area (Å²) in [6.45, 7) is 0.500. The van der Waals surface area contributed by atoms with E-state index in [1.165, 1.54) is 0 Å². The van der Waals surface area contributed by atoms with Gasteiger partial charge in [0.15, 0.2) is 0 Å². The quantitative estimate of drug-likeness (QED) is 0.400. The highest BCUT2D eigenvalue weighted by Gasteiger charge is 2.19. The van der Waals surface area contributed by atoms with Gasteiger partial charge in [-0.05, 0) is 41.5 Å². The van der Waals surface area contributed by atoms with E-state index < -0.39 is 12.0 Å². The number of nitrogens with one attached hydrogen (secondary N) is 1. The second-order valence-electron chi connectivity index (χ2n) is 7.29. The minimum Gasteiger partial charge on any atom is -0.489 e. The second-order valence-corrected chi connectivity index (χ2v) is 7.29. The maximum absolute atomic E-state index is 11.7. The zero-order chi connectivity index (χ0) is 22.2. The van der Waals surface area contributed by atoms with Crippen LogP contribution in [0, 0.1) is 0 Å². The molecule has 0 saturated carbocycles. The molecule has 0 saturated heterocycles. The Morgan fingerprint density at radius 2 is 1.53 bits per heavy atom. The summed E-state index contributed by atoms with van der Waals surface area (Å²) < 4.78 is 5.83. The maximum atomic E-state index is 11.7. The maximum Gasteiger partial charge on any atom is 0.326 e. The summed E-state index contributed by atoms with van der Waals surface area (Å²) in [5.41, 5.74) is 3.61. The zero-order valence-electron chi connectivity index (χ0n) is 17.4. The van der Waals surface area contributed by atoms with Gasteiger partial charge in [-0.15, -0.1) is 0 Å². The van der Waals surface area contributed by atoms with Gasteiger partial charge in [0.05, 0.1) is 5.69 Å². The first-order valence-electron chi connectivity index (χ1n) is 10.3. The van der Waals surface area contributed by atoms with Crippen LogP contribution < -0.4 is 10.1 Å². The molecule has 160 valence electrons. The summed E-state index contributed by atoms with van der Waals surface area (Å²) >= 11 is 0. The molecule has 1 heterocycles. The summed E-state index contributed by atoms with van der Waals surface area (Å²) in [6.07, 6.45) is 1.95. The number of carboxylic acids is 1. The van der Waals surface area contributed by atoms with Crippen LogP contribution in [0.25, 0.3) is 11.3 Å². The Labute approximate surface area is 186 Å². The molecule has 0 fully saturated rings. The van der Waals surface area contributed by atoms with Crippen molar-refractivity contribution >= 4 is 11.9 Å². The van der Waals surface area contributed by atoms with Gasteiger partial charge in [-0.1, -0.05) is 60.7 Å². The van der Waals surface area contributed by atoms with Crippen LogP contribution in [0.2, 0.25) is 0 Å². The number of hydrogen-bond donors (Lipinski definition) is 2. The van der Waals surface area contributed by atoms with Crippen LogP contribution in [0.1, 0.15) is 11.1 Å². The van der Waals surface area contributed by atoms with Crippen LogP contribution in [0.4, 0.5) is 5.95 Å². The van der Waals surface area contributed by atoms with E-state index in [4.69, 9.17) is 4.74 Å². The van der Waals surface area contributed by atoms with Gasteiger partial charge < -0.3 is 15.2 Å². The molecule has 0 aliphatic carbocycles. The van der Waals surface area contributed by atoms with Crippen molar-refractivity contribution in [3.05, 3.63) is 108 Å². The Hall–Kier alpha value is -4.19. The van der Waals surface area contributed by atoms with Crippen molar-refractivity contribution in [3.63, 3.8) is 0 Å². The molecule has 4 rings (SSSR count). The van der Waals surface area contributed by atoms with E-state index in [9.17, 15) is 9.90 Å². The molecule has 6 nitrogen and oxygen atoms in total. The van der Waals surface area contributed by atoms with Crippen LogP contribution in [-0.2, 0) is 17.8 Å². The number of carboxylic acid groups (broad SMARTS) is 1. The van der Waals surface area contributed by atoms with E-state index in [0.717, 1.165) is 22.4 Å². The van der Waals surface area contributed by atoms with E-state index in [-0.39, 0.29) is 5.95 Å². The molecule has 0 spiro atoms. The van der Waals surface area contributed by atoms with Crippen LogP contribution in [0.5, 0.6) is 5.75 Å². The topological polar surface area (TPSA) is 84.3 Å². The molecule has 6 heteroatoms. The monoisotopic (exact) mass is 425 g/mol. The van der Waals surface area contributed by atoms with Gasteiger partial charge in [0.1, 0.15) is 18.4 Å². The fourth-order valence-corrected chi connectivity index (χ4v) is 3.26. The van der Waals surface area contributed by atoms with Crippen LogP contribution >= 0.6 is 0 Å². The second kappa shape index (κ2) is 10.2. The van der Waals surface area contributed by atoms with Gasteiger partial charge in [0.25, 0.3) is 0 Å². The van der Waals surface area contributed by atoms with Crippen molar-refractivity contribution in [2.24, 2.45) is 0 Å². The Kier molecular flexibility index (Phi) is 6.72. The van der Waals surface area contributed by atoms with Gasteiger partial charge in [-0.25, -0.2) is 14.8 Å². The highest BCUT2D eigenvalue weighted by atomic mass is 16.5. The molecule has 3 aromatic carbocycles. The average Bonchev–Trinajstić information content (AvgIpc) is 2.84. The third-order valence-corrected chi connectivity index (χ3v) is 4.94. The average molecular weight is 425 g/mol. The van der Waals surface area contributed by atoms with Gasteiger partial charge >= 0.3 is 5.97 Å². The molecule has 0 amide bonds. The Balaban J connectivity index is 1.43. The number of ether oxygens (including phenoxy) is 1. The van der Waals surface area contributed by atoms with Crippen molar-refractivity contribution in [1.82, 2.24) is 9.97 Å². The van der Waals surface area contributed by atoms with Crippen LogP contribution in [0.15, 0.2) is 97.2 Å². The lowest BCUT2D eigenvalue weighted by molar-refractivity contribution is -0.137. The van der Waals surface area contributed by atoms with Crippen molar-refractivity contribution in [2.45, 2.75) is 19.1 Å². The summed E-state index contributed by atoms with van der Waals surface area (Å²) in [6, 6.07) is 28.0. The SMILES string of the molecule is O=C(O)C(Cc1ccccc1)Nc1nccc(-c2ccc(OCc3ccccc3)cc2)n1. The molecule has 2 N–H and O–H groups in total. The summed E-state index contributed by atoms with van der Waals surface area (Å²) in [7, 11) is 0. The molecule has 1 unspecified atom stereocenters. The zero-order valence-corrected chi connectivity index (χ0v) is 17.4. The Morgan fingerprint density at radius 3 is 2.19 bits per heavy atom. The summed E-state index contributed by atoms with van der Waals surface area (Å²) in [5, 5.41) is 12.6. The highest BCUT2D eigenvalue weighted by Crippen LogP contribution is 2.22.